The largest absolute Gasteiger partial charge is 0.289 e. The maximum absolute atomic E-state index is 12.8. The first kappa shape index (κ1) is 15.1. The highest BCUT2D eigenvalue weighted by molar-refractivity contribution is 6.30. The molecule has 0 amide bonds. The second-order valence-electron chi connectivity index (χ2n) is 5.08. The van der Waals surface area contributed by atoms with E-state index < -0.39 is 28.1 Å². The van der Waals surface area contributed by atoms with Crippen LogP contribution in [0.1, 0.15) is 43.3 Å². The molecule has 114 valence electrons. The van der Waals surface area contributed by atoms with Crippen molar-refractivity contribution in [1.29, 1.82) is 10.5 Å². The predicted octanol–water partition coefficient (Wildman–Crippen LogP) is 2.50. The molecule has 0 fully saturated rings. The first-order chi connectivity index (χ1) is 11.5. The number of nitrogens with zero attached hydrogens (tertiary/aromatic N) is 3. The second-order valence-corrected chi connectivity index (χ2v) is 5.08. The Morgan fingerprint density at radius 1 is 0.917 bits per heavy atom. The van der Waals surface area contributed by atoms with Gasteiger partial charge in [-0.25, -0.2) is 0 Å². The summed E-state index contributed by atoms with van der Waals surface area (Å²) in [6.45, 7) is 0. The number of hydrogen-bond acceptors (Lipinski definition) is 6. The Morgan fingerprint density at radius 2 is 1.46 bits per heavy atom. The highest BCUT2D eigenvalue weighted by Crippen LogP contribution is 2.37. The summed E-state index contributed by atoms with van der Waals surface area (Å²) in [7, 11) is 0. The number of nitriles is 2. The molecule has 24 heavy (non-hydrogen) atoms. The molecule has 7 heteroatoms. The van der Waals surface area contributed by atoms with Crippen molar-refractivity contribution in [2.75, 3.05) is 0 Å². The number of nitro benzene ring substituents is 1. The molecule has 3 rings (SSSR count). The van der Waals surface area contributed by atoms with Gasteiger partial charge in [0.2, 0.25) is 5.78 Å². The van der Waals surface area contributed by atoms with E-state index in [0.29, 0.717) is 0 Å². The minimum Gasteiger partial charge on any atom is -0.289 e. The molecule has 0 unspecified atom stereocenters. The van der Waals surface area contributed by atoms with E-state index in [-0.39, 0.29) is 27.8 Å². The number of fused-ring (bicyclic) bond motifs is 2. The van der Waals surface area contributed by atoms with Gasteiger partial charge in [-0.15, -0.1) is 0 Å². The van der Waals surface area contributed by atoms with Crippen molar-refractivity contribution in [2.45, 2.75) is 5.92 Å². The molecule has 0 atom stereocenters. The van der Waals surface area contributed by atoms with Crippen molar-refractivity contribution in [3.05, 3.63) is 74.3 Å². The summed E-state index contributed by atoms with van der Waals surface area (Å²) in [5.41, 5.74) is -0.936. The third-order valence-corrected chi connectivity index (χ3v) is 3.85. The van der Waals surface area contributed by atoms with Crippen LogP contribution in [0.3, 0.4) is 0 Å². The maximum Gasteiger partial charge on any atom is 0.281 e. The molecule has 1 aliphatic carbocycles. The Hall–Kier alpha value is -3.84. The number of carbonyl (C=O) groups excluding carboxylic acids is 2. The van der Waals surface area contributed by atoms with Crippen LogP contribution in [0.15, 0.2) is 36.4 Å². The van der Waals surface area contributed by atoms with E-state index in [9.17, 15) is 19.7 Å². The monoisotopic (exact) mass is 317 g/mol. The van der Waals surface area contributed by atoms with Crippen molar-refractivity contribution < 1.29 is 14.5 Å². The summed E-state index contributed by atoms with van der Waals surface area (Å²) in [5, 5.41) is 29.5. The average molecular weight is 317 g/mol. The molecule has 7 nitrogen and oxygen atoms in total. The van der Waals surface area contributed by atoms with Crippen LogP contribution in [0.4, 0.5) is 5.69 Å². The molecular formula is C17H7N3O4. The zero-order valence-corrected chi connectivity index (χ0v) is 12.0. The molecule has 0 aromatic heterocycles. The van der Waals surface area contributed by atoms with Crippen molar-refractivity contribution >= 4 is 17.3 Å². The van der Waals surface area contributed by atoms with Crippen LogP contribution in [-0.2, 0) is 0 Å². The molecule has 0 spiro atoms. The van der Waals surface area contributed by atoms with E-state index in [1.165, 1.54) is 18.2 Å². The fourth-order valence-electron chi connectivity index (χ4n) is 2.79. The standard InChI is InChI=1S/C17H7N3O4/c18-7-9(8-19)10-5-6-13(20(23)24)15-14(10)16(21)11-3-1-2-4-12(11)17(15)22/h1-6,9H. The number of nitro groups is 1. The first-order valence-corrected chi connectivity index (χ1v) is 6.80. The lowest BCUT2D eigenvalue weighted by Crippen LogP contribution is -2.24. The molecule has 0 N–H and O–H groups in total. The normalized spacial score (nSPS) is 12.1. The van der Waals surface area contributed by atoms with E-state index >= 15 is 0 Å². The topological polar surface area (TPSA) is 125 Å². The van der Waals surface area contributed by atoms with Crippen LogP contribution in [-0.4, -0.2) is 16.5 Å². The summed E-state index contributed by atoms with van der Waals surface area (Å²) in [6, 6.07) is 11.7. The van der Waals surface area contributed by atoms with Gasteiger partial charge in [0.1, 0.15) is 5.56 Å². The highest BCUT2D eigenvalue weighted by Gasteiger charge is 2.38. The maximum atomic E-state index is 12.8. The summed E-state index contributed by atoms with van der Waals surface area (Å²) in [6.07, 6.45) is 0. The fourth-order valence-corrected chi connectivity index (χ4v) is 2.79. The zero-order chi connectivity index (χ0) is 17.4. The SMILES string of the molecule is N#CC(C#N)c1ccc([N+](=O)[O-])c2c1C(=O)c1ccccc1C2=O. The summed E-state index contributed by atoms with van der Waals surface area (Å²) >= 11 is 0. The van der Waals surface area contributed by atoms with Gasteiger partial charge in [-0.3, -0.25) is 19.7 Å². The molecule has 0 saturated heterocycles. The number of ketones is 2. The third kappa shape index (κ3) is 1.97. The predicted molar refractivity (Wildman–Crippen MR) is 80.4 cm³/mol. The fraction of sp³-hybridized carbons (Fsp3) is 0.0588. The summed E-state index contributed by atoms with van der Waals surface area (Å²) in [5.74, 6) is -2.57. The lowest BCUT2D eigenvalue weighted by atomic mass is 9.79. The first-order valence-electron chi connectivity index (χ1n) is 6.80. The second kappa shape index (κ2) is 5.41. The van der Waals surface area contributed by atoms with Gasteiger partial charge < -0.3 is 0 Å². The van der Waals surface area contributed by atoms with Gasteiger partial charge in [0.15, 0.2) is 11.7 Å². The quantitative estimate of drug-likeness (QED) is 0.528. The lowest BCUT2D eigenvalue weighted by molar-refractivity contribution is -0.385. The molecule has 0 aliphatic heterocycles. The Labute approximate surface area is 135 Å². The highest BCUT2D eigenvalue weighted by atomic mass is 16.6. The minimum absolute atomic E-state index is 0.00783. The van der Waals surface area contributed by atoms with Crippen molar-refractivity contribution in [2.24, 2.45) is 0 Å². The Bertz CT molecular complexity index is 997. The smallest absolute Gasteiger partial charge is 0.281 e. The van der Waals surface area contributed by atoms with E-state index in [4.69, 9.17) is 10.5 Å². The summed E-state index contributed by atoms with van der Waals surface area (Å²) < 4.78 is 0. The summed E-state index contributed by atoms with van der Waals surface area (Å²) in [4.78, 5) is 36.0. The van der Waals surface area contributed by atoms with Gasteiger partial charge in [0, 0.05) is 22.8 Å². The Kier molecular flexibility index (Phi) is 3.40. The number of carbonyl (C=O) groups is 2. The van der Waals surface area contributed by atoms with Crippen molar-refractivity contribution in [3.63, 3.8) is 0 Å². The van der Waals surface area contributed by atoms with Crippen molar-refractivity contribution in [1.82, 2.24) is 0 Å². The van der Waals surface area contributed by atoms with Crippen LogP contribution < -0.4 is 0 Å². The van der Waals surface area contributed by atoms with Crippen LogP contribution in [0.25, 0.3) is 0 Å². The van der Waals surface area contributed by atoms with Gasteiger partial charge in [-0.1, -0.05) is 24.3 Å². The number of benzene rings is 2. The van der Waals surface area contributed by atoms with E-state index in [1.54, 1.807) is 24.3 Å². The minimum atomic E-state index is -1.30. The van der Waals surface area contributed by atoms with E-state index in [2.05, 4.69) is 0 Å². The Balaban J connectivity index is 2.43. The number of hydrogen-bond donors (Lipinski definition) is 0. The van der Waals surface area contributed by atoms with Crippen LogP contribution in [0.5, 0.6) is 0 Å². The van der Waals surface area contributed by atoms with Gasteiger partial charge in [0.05, 0.1) is 17.1 Å². The van der Waals surface area contributed by atoms with Crippen LogP contribution >= 0.6 is 0 Å². The Morgan fingerprint density at radius 3 is 1.96 bits per heavy atom. The lowest BCUT2D eigenvalue weighted by Gasteiger charge is -2.20. The van der Waals surface area contributed by atoms with Crippen LogP contribution in [0, 0.1) is 32.8 Å². The molecule has 0 saturated carbocycles. The molecule has 2 aromatic carbocycles. The van der Waals surface area contributed by atoms with Gasteiger partial charge in [0.25, 0.3) is 5.69 Å². The van der Waals surface area contributed by atoms with Crippen molar-refractivity contribution in [3.8, 4) is 12.1 Å². The van der Waals surface area contributed by atoms with Gasteiger partial charge in [-0.05, 0) is 11.6 Å². The van der Waals surface area contributed by atoms with Gasteiger partial charge >= 0.3 is 0 Å². The molecule has 2 aromatic rings. The van der Waals surface area contributed by atoms with E-state index in [1.807, 2.05) is 0 Å². The molecule has 0 radical (unpaired) electrons. The molecule has 1 aliphatic rings. The molecule has 0 heterocycles. The van der Waals surface area contributed by atoms with Gasteiger partial charge in [-0.2, -0.15) is 10.5 Å². The third-order valence-electron chi connectivity index (χ3n) is 3.85. The molecule has 0 bridgehead atoms. The zero-order valence-electron chi connectivity index (χ0n) is 12.0. The molecular weight excluding hydrogens is 310 g/mol. The van der Waals surface area contributed by atoms with Crippen LogP contribution in [0.2, 0.25) is 0 Å². The number of rotatable bonds is 2. The van der Waals surface area contributed by atoms with E-state index in [0.717, 1.165) is 6.07 Å². The average Bonchev–Trinajstić information content (AvgIpc) is 2.60.